The van der Waals surface area contributed by atoms with Gasteiger partial charge in [-0.2, -0.15) is 0 Å². The minimum Gasteiger partial charge on any atom is -0.393 e. The molecule has 0 aromatic rings. The van der Waals surface area contributed by atoms with Crippen LogP contribution >= 0.6 is 15.6 Å². The average molecular weight is 430 g/mol. The van der Waals surface area contributed by atoms with E-state index in [-0.39, 0.29) is 0 Å². The number of phosphoric ester groups is 2. The maximum Gasteiger partial charge on any atom is 0.469 e. The summed E-state index contributed by atoms with van der Waals surface area (Å²) in [6, 6.07) is 0. The van der Waals surface area contributed by atoms with E-state index in [1.807, 2.05) is 0 Å². The minimum atomic E-state index is -4.67. The van der Waals surface area contributed by atoms with Crippen LogP contribution in [0.1, 0.15) is 13.8 Å². The highest BCUT2D eigenvalue weighted by molar-refractivity contribution is 7.46. The van der Waals surface area contributed by atoms with E-state index in [1.165, 1.54) is 0 Å². The SMILES string of the molecule is CC(=O)[C@@H](O)[C@H](O)COP(=O)(O)O.C[C@](O)(CO)[C@H](O)COP(=O)(O)O. The summed E-state index contributed by atoms with van der Waals surface area (Å²) in [6.45, 7) is -0.145. The molecule has 0 aliphatic rings. The summed E-state index contributed by atoms with van der Waals surface area (Å²) in [5, 5.41) is 44.5. The number of ketones is 1. The number of Topliss-reactive ketones (excluding diaryl/α,β-unsaturated/α-hetero) is 1. The number of hydrogen-bond acceptors (Lipinski definition) is 10. The molecule has 158 valence electrons. The van der Waals surface area contributed by atoms with Gasteiger partial charge in [0, 0.05) is 0 Å². The Bertz CT molecular complexity index is 510. The summed E-state index contributed by atoms with van der Waals surface area (Å²) < 4.78 is 28.1. The Hall–Kier alpha value is -0.310. The van der Waals surface area contributed by atoms with Crippen LogP contribution in [0.25, 0.3) is 0 Å². The van der Waals surface area contributed by atoms with Crippen LogP contribution in [0.5, 0.6) is 0 Å². The number of carbonyl (C=O) groups is 1. The molecule has 0 saturated carbocycles. The zero-order chi connectivity index (χ0) is 21.3. The lowest BCUT2D eigenvalue weighted by atomic mass is 10.0. The second-order valence-corrected chi connectivity index (χ2v) is 7.71. The second-order valence-electron chi connectivity index (χ2n) is 5.23. The van der Waals surface area contributed by atoms with Gasteiger partial charge in [0.25, 0.3) is 0 Å². The van der Waals surface area contributed by atoms with Gasteiger partial charge in [0.05, 0.1) is 19.8 Å². The molecule has 0 unspecified atom stereocenters. The molecular weight excluding hydrogens is 406 g/mol. The molecule has 0 aliphatic carbocycles. The molecule has 0 heterocycles. The van der Waals surface area contributed by atoms with Gasteiger partial charge in [-0.15, -0.1) is 0 Å². The van der Waals surface area contributed by atoms with Gasteiger partial charge in [-0.3, -0.25) is 13.8 Å². The summed E-state index contributed by atoms with van der Waals surface area (Å²) in [5.41, 5.74) is -1.84. The smallest absolute Gasteiger partial charge is 0.393 e. The minimum absolute atomic E-state index is 0.707. The molecule has 0 amide bonds. The highest BCUT2D eigenvalue weighted by Gasteiger charge is 2.31. The van der Waals surface area contributed by atoms with Crippen molar-refractivity contribution in [3.8, 4) is 0 Å². The van der Waals surface area contributed by atoms with Crippen LogP contribution in [0.2, 0.25) is 0 Å². The maximum atomic E-state index is 10.5. The Kier molecular flexibility index (Phi) is 12.4. The van der Waals surface area contributed by atoms with Crippen LogP contribution in [0.4, 0.5) is 0 Å². The normalized spacial score (nSPS) is 18.1. The zero-order valence-corrected chi connectivity index (χ0v) is 15.6. The lowest BCUT2D eigenvalue weighted by Crippen LogP contribution is -2.45. The maximum absolute atomic E-state index is 10.5. The van der Waals surface area contributed by atoms with E-state index in [1.54, 1.807) is 0 Å². The fraction of sp³-hybridized carbons (Fsp3) is 0.900. The Labute approximate surface area is 148 Å². The van der Waals surface area contributed by atoms with Crippen LogP contribution < -0.4 is 0 Å². The molecule has 9 N–H and O–H groups in total. The molecule has 0 rings (SSSR count). The number of phosphoric acid groups is 2. The molecule has 26 heavy (non-hydrogen) atoms. The van der Waals surface area contributed by atoms with E-state index in [9.17, 15) is 13.9 Å². The molecule has 16 heteroatoms. The van der Waals surface area contributed by atoms with Crippen LogP contribution in [-0.2, 0) is 23.0 Å². The van der Waals surface area contributed by atoms with Gasteiger partial charge in [-0.05, 0) is 13.8 Å². The van der Waals surface area contributed by atoms with Crippen molar-refractivity contribution in [2.24, 2.45) is 0 Å². The van der Waals surface area contributed by atoms with Crippen molar-refractivity contribution in [3.63, 3.8) is 0 Å². The first-order chi connectivity index (χ1) is 11.4. The van der Waals surface area contributed by atoms with Gasteiger partial charge in [0.2, 0.25) is 0 Å². The average Bonchev–Trinajstić information content (AvgIpc) is 2.48. The first-order valence-corrected chi connectivity index (χ1v) is 9.77. The van der Waals surface area contributed by atoms with E-state index in [4.69, 9.17) is 45.1 Å². The molecule has 0 aromatic heterocycles. The molecule has 0 aliphatic heterocycles. The van der Waals surface area contributed by atoms with Crippen LogP contribution in [0.15, 0.2) is 0 Å². The second kappa shape index (κ2) is 11.5. The summed E-state index contributed by atoms with van der Waals surface area (Å²) in [7, 11) is -9.32. The van der Waals surface area contributed by atoms with Crippen LogP contribution in [-0.4, -0.2) is 94.6 Å². The fourth-order valence-corrected chi connectivity index (χ4v) is 1.67. The summed E-state index contributed by atoms with van der Waals surface area (Å²) in [4.78, 5) is 43.3. The highest BCUT2D eigenvalue weighted by atomic mass is 31.2. The standard InChI is InChI=1S/C5H13O7P.C5H11O7P/c1-5(8,3-6)4(7)2-12-13(9,10)11;1-3(6)5(8)4(7)2-12-13(9,10)11/h4,6-8H,2-3H2,1H3,(H2,9,10,11);4-5,7-8H,2H2,1H3,(H2,9,10,11)/t4-,5+;4-,5-/m11/s1. The predicted octanol–water partition coefficient (Wildman–Crippen LogP) is -3.39. The van der Waals surface area contributed by atoms with E-state index in [0.29, 0.717) is 0 Å². The van der Waals surface area contributed by atoms with Gasteiger partial charge < -0.3 is 45.1 Å². The monoisotopic (exact) mass is 430 g/mol. The third-order valence-corrected chi connectivity index (χ3v) is 3.60. The molecule has 0 aromatic carbocycles. The van der Waals surface area contributed by atoms with Gasteiger partial charge in [-0.25, -0.2) is 9.13 Å². The van der Waals surface area contributed by atoms with Crippen molar-refractivity contribution < 1.29 is 68.1 Å². The van der Waals surface area contributed by atoms with Crippen molar-refractivity contribution in [3.05, 3.63) is 0 Å². The van der Waals surface area contributed by atoms with Gasteiger partial charge in [0.1, 0.15) is 23.9 Å². The molecule has 4 atom stereocenters. The van der Waals surface area contributed by atoms with Crippen molar-refractivity contribution in [2.45, 2.75) is 37.8 Å². The largest absolute Gasteiger partial charge is 0.469 e. The Morgan fingerprint density at radius 2 is 1.38 bits per heavy atom. The lowest BCUT2D eigenvalue weighted by Gasteiger charge is -2.26. The summed E-state index contributed by atoms with van der Waals surface area (Å²) >= 11 is 0. The summed E-state index contributed by atoms with van der Waals surface area (Å²) in [6.07, 6.45) is -4.89. The van der Waals surface area contributed by atoms with Crippen molar-refractivity contribution >= 4 is 21.4 Å². The third-order valence-electron chi connectivity index (χ3n) is 2.63. The zero-order valence-electron chi connectivity index (χ0n) is 13.8. The van der Waals surface area contributed by atoms with E-state index in [2.05, 4.69) is 9.05 Å². The van der Waals surface area contributed by atoms with Crippen LogP contribution in [0, 0.1) is 0 Å². The number of rotatable bonds is 10. The third kappa shape index (κ3) is 14.8. The number of hydrogen-bond donors (Lipinski definition) is 9. The Morgan fingerprint density at radius 1 is 1.00 bits per heavy atom. The molecule has 0 fully saturated rings. The van der Waals surface area contributed by atoms with Crippen LogP contribution in [0.3, 0.4) is 0 Å². The van der Waals surface area contributed by atoms with E-state index < -0.39 is 65.2 Å². The quantitative estimate of drug-likeness (QED) is 0.153. The fourth-order valence-electron chi connectivity index (χ4n) is 0.988. The van der Waals surface area contributed by atoms with Gasteiger partial charge in [0.15, 0.2) is 5.78 Å². The molecule has 14 nitrogen and oxygen atoms in total. The van der Waals surface area contributed by atoms with Crippen molar-refractivity contribution in [2.75, 3.05) is 19.8 Å². The lowest BCUT2D eigenvalue weighted by molar-refractivity contribution is -0.132. The molecule has 0 radical (unpaired) electrons. The molecule has 0 bridgehead atoms. The van der Waals surface area contributed by atoms with Gasteiger partial charge >= 0.3 is 15.6 Å². The number of aliphatic hydroxyl groups is 5. The molecule has 0 saturated heterocycles. The van der Waals surface area contributed by atoms with E-state index in [0.717, 1.165) is 13.8 Å². The number of carbonyl (C=O) groups excluding carboxylic acids is 1. The Morgan fingerprint density at radius 3 is 1.69 bits per heavy atom. The van der Waals surface area contributed by atoms with Crippen molar-refractivity contribution in [1.29, 1.82) is 0 Å². The topological polar surface area (TPSA) is 252 Å². The first kappa shape index (κ1) is 27.9. The molecular formula is C10H24O14P2. The Balaban J connectivity index is 0. The number of aliphatic hydroxyl groups excluding tert-OH is 4. The van der Waals surface area contributed by atoms with Crippen molar-refractivity contribution in [1.82, 2.24) is 0 Å². The first-order valence-electron chi connectivity index (χ1n) is 6.71. The predicted molar refractivity (Wildman–Crippen MR) is 82.4 cm³/mol. The summed E-state index contributed by atoms with van der Waals surface area (Å²) in [5.74, 6) is -0.707. The highest BCUT2D eigenvalue weighted by Crippen LogP contribution is 2.36. The van der Waals surface area contributed by atoms with Gasteiger partial charge in [-0.1, -0.05) is 0 Å². The van der Waals surface area contributed by atoms with E-state index >= 15 is 0 Å². The molecule has 0 spiro atoms.